The molecule has 2 nitrogen and oxygen atoms in total. The van der Waals surface area contributed by atoms with Gasteiger partial charge in [0, 0.05) is 19.1 Å². The van der Waals surface area contributed by atoms with E-state index < -0.39 is 0 Å². The predicted octanol–water partition coefficient (Wildman–Crippen LogP) is 2.89. The molecule has 0 aliphatic carbocycles. The molecule has 96 valence electrons. The fourth-order valence-electron chi connectivity index (χ4n) is 2.11. The van der Waals surface area contributed by atoms with Crippen molar-refractivity contribution < 1.29 is 0 Å². The van der Waals surface area contributed by atoms with Crippen molar-refractivity contribution in [3.05, 3.63) is 0 Å². The summed E-state index contributed by atoms with van der Waals surface area (Å²) in [5.41, 5.74) is 0.374. The highest BCUT2D eigenvalue weighted by atomic mass is 15.1. The fourth-order valence-corrected chi connectivity index (χ4v) is 2.11. The largest absolute Gasteiger partial charge is 0.312 e. The van der Waals surface area contributed by atoms with E-state index >= 15 is 0 Å². The topological polar surface area (TPSA) is 15.3 Å². The van der Waals surface area contributed by atoms with E-state index in [2.05, 4.69) is 37.9 Å². The molecule has 0 aromatic heterocycles. The van der Waals surface area contributed by atoms with Gasteiger partial charge in [-0.1, -0.05) is 33.6 Å². The van der Waals surface area contributed by atoms with Crippen LogP contribution in [0.4, 0.5) is 0 Å². The highest BCUT2D eigenvalue weighted by molar-refractivity contribution is 4.76. The van der Waals surface area contributed by atoms with Crippen molar-refractivity contribution in [2.45, 2.75) is 59.4 Å². The molecule has 0 saturated carbocycles. The third-order valence-electron chi connectivity index (χ3n) is 3.88. The van der Waals surface area contributed by atoms with Crippen LogP contribution in [0, 0.1) is 5.41 Å². The van der Waals surface area contributed by atoms with Gasteiger partial charge in [0.2, 0.25) is 0 Å². The van der Waals surface area contributed by atoms with Gasteiger partial charge in [-0.05, 0) is 38.3 Å². The SMILES string of the molecule is CC(NCCN1CCCCCC1)C(C)(C)C. The van der Waals surface area contributed by atoms with Crippen LogP contribution in [0.1, 0.15) is 53.4 Å². The van der Waals surface area contributed by atoms with Crippen LogP contribution in [0.2, 0.25) is 0 Å². The Kier molecular flexibility index (Phi) is 5.77. The first kappa shape index (κ1) is 14.0. The number of nitrogens with one attached hydrogen (secondary N) is 1. The lowest BCUT2D eigenvalue weighted by Crippen LogP contribution is -2.42. The van der Waals surface area contributed by atoms with Crippen molar-refractivity contribution in [3.8, 4) is 0 Å². The molecule has 16 heavy (non-hydrogen) atoms. The number of nitrogens with zero attached hydrogens (tertiary/aromatic N) is 1. The van der Waals surface area contributed by atoms with Gasteiger partial charge in [-0.15, -0.1) is 0 Å². The molecule has 1 saturated heterocycles. The lowest BCUT2D eigenvalue weighted by atomic mass is 9.88. The lowest BCUT2D eigenvalue weighted by molar-refractivity contribution is 0.247. The molecular formula is C14H30N2. The molecule has 0 aromatic rings. The maximum Gasteiger partial charge on any atom is 0.0107 e. The van der Waals surface area contributed by atoms with Crippen molar-refractivity contribution >= 4 is 0 Å². The van der Waals surface area contributed by atoms with Crippen molar-refractivity contribution in [2.24, 2.45) is 5.41 Å². The van der Waals surface area contributed by atoms with Gasteiger partial charge >= 0.3 is 0 Å². The maximum absolute atomic E-state index is 3.65. The third kappa shape index (κ3) is 5.31. The van der Waals surface area contributed by atoms with Crippen LogP contribution in [0.25, 0.3) is 0 Å². The average Bonchev–Trinajstić information content (AvgIpc) is 2.44. The van der Waals surface area contributed by atoms with Gasteiger partial charge in [-0.25, -0.2) is 0 Å². The van der Waals surface area contributed by atoms with Crippen LogP contribution < -0.4 is 5.32 Å². The molecule has 0 bridgehead atoms. The van der Waals surface area contributed by atoms with Gasteiger partial charge in [0.1, 0.15) is 0 Å². The van der Waals surface area contributed by atoms with Crippen LogP contribution >= 0.6 is 0 Å². The van der Waals surface area contributed by atoms with Crippen molar-refractivity contribution in [2.75, 3.05) is 26.2 Å². The molecule has 1 aliphatic heterocycles. The zero-order valence-electron chi connectivity index (χ0n) is 11.7. The first-order chi connectivity index (χ1) is 7.50. The van der Waals surface area contributed by atoms with Crippen LogP contribution in [0.5, 0.6) is 0 Å². The van der Waals surface area contributed by atoms with E-state index in [1.807, 2.05) is 0 Å². The second-order valence-electron chi connectivity index (χ2n) is 6.30. The second-order valence-corrected chi connectivity index (χ2v) is 6.30. The zero-order chi connectivity index (χ0) is 12.0. The van der Waals surface area contributed by atoms with Gasteiger partial charge in [-0.2, -0.15) is 0 Å². The summed E-state index contributed by atoms with van der Waals surface area (Å²) >= 11 is 0. The van der Waals surface area contributed by atoms with Gasteiger partial charge in [0.15, 0.2) is 0 Å². The predicted molar refractivity (Wildman–Crippen MR) is 71.8 cm³/mol. The van der Waals surface area contributed by atoms with Gasteiger partial charge in [0.05, 0.1) is 0 Å². The van der Waals surface area contributed by atoms with Gasteiger partial charge in [-0.3, -0.25) is 0 Å². The first-order valence-corrected chi connectivity index (χ1v) is 6.96. The Morgan fingerprint density at radius 3 is 2.12 bits per heavy atom. The Labute approximate surface area is 102 Å². The molecule has 0 amide bonds. The number of hydrogen-bond donors (Lipinski definition) is 1. The molecular weight excluding hydrogens is 196 g/mol. The minimum absolute atomic E-state index is 0.374. The maximum atomic E-state index is 3.65. The fraction of sp³-hybridized carbons (Fsp3) is 1.00. The Morgan fingerprint density at radius 1 is 1.06 bits per heavy atom. The smallest absolute Gasteiger partial charge is 0.0107 e. The molecule has 0 spiro atoms. The number of likely N-dealkylation sites (tertiary alicyclic amines) is 1. The Morgan fingerprint density at radius 2 is 1.62 bits per heavy atom. The average molecular weight is 226 g/mol. The highest BCUT2D eigenvalue weighted by Gasteiger charge is 2.19. The molecule has 1 heterocycles. The molecule has 1 fully saturated rings. The second kappa shape index (κ2) is 6.61. The monoisotopic (exact) mass is 226 g/mol. The minimum atomic E-state index is 0.374. The molecule has 2 heteroatoms. The summed E-state index contributed by atoms with van der Waals surface area (Å²) in [6, 6.07) is 0.597. The van der Waals surface area contributed by atoms with E-state index in [4.69, 9.17) is 0 Å². The van der Waals surface area contributed by atoms with Crippen LogP contribution in [0.15, 0.2) is 0 Å². The third-order valence-corrected chi connectivity index (χ3v) is 3.88. The van der Waals surface area contributed by atoms with Crippen LogP contribution in [-0.4, -0.2) is 37.1 Å². The van der Waals surface area contributed by atoms with Crippen molar-refractivity contribution in [1.82, 2.24) is 10.2 Å². The Balaban J connectivity index is 2.14. The summed E-state index contributed by atoms with van der Waals surface area (Å²) < 4.78 is 0. The Hall–Kier alpha value is -0.0800. The van der Waals surface area contributed by atoms with Crippen molar-refractivity contribution in [3.63, 3.8) is 0 Å². The normalized spacial score (nSPS) is 21.8. The molecule has 1 atom stereocenters. The molecule has 1 unspecified atom stereocenters. The quantitative estimate of drug-likeness (QED) is 0.793. The summed E-state index contributed by atoms with van der Waals surface area (Å²) in [4.78, 5) is 2.62. The molecule has 1 aliphatic rings. The van der Waals surface area contributed by atoms with Gasteiger partial charge < -0.3 is 10.2 Å². The number of rotatable bonds is 4. The molecule has 0 radical (unpaired) electrons. The molecule has 1 rings (SSSR count). The van der Waals surface area contributed by atoms with E-state index in [0.717, 1.165) is 6.54 Å². The lowest BCUT2D eigenvalue weighted by Gasteiger charge is -2.29. The van der Waals surface area contributed by atoms with Crippen LogP contribution in [-0.2, 0) is 0 Å². The summed E-state index contributed by atoms with van der Waals surface area (Å²) in [6.07, 6.45) is 5.66. The number of hydrogen-bond acceptors (Lipinski definition) is 2. The zero-order valence-corrected chi connectivity index (χ0v) is 11.7. The Bertz CT molecular complexity index is 176. The van der Waals surface area contributed by atoms with E-state index in [9.17, 15) is 0 Å². The minimum Gasteiger partial charge on any atom is -0.312 e. The first-order valence-electron chi connectivity index (χ1n) is 6.96. The van der Waals surface area contributed by atoms with Gasteiger partial charge in [0.25, 0.3) is 0 Å². The summed E-state index contributed by atoms with van der Waals surface area (Å²) in [6.45, 7) is 14.2. The van der Waals surface area contributed by atoms with E-state index in [1.165, 1.54) is 45.3 Å². The highest BCUT2D eigenvalue weighted by Crippen LogP contribution is 2.18. The van der Waals surface area contributed by atoms with E-state index in [-0.39, 0.29) is 0 Å². The molecule has 0 aromatic carbocycles. The van der Waals surface area contributed by atoms with Crippen molar-refractivity contribution in [1.29, 1.82) is 0 Å². The van der Waals surface area contributed by atoms with E-state index in [1.54, 1.807) is 0 Å². The van der Waals surface area contributed by atoms with Crippen LogP contribution in [0.3, 0.4) is 0 Å². The molecule has 1 N–H and O–H groups in total. The summed E-state index contributed by atoms with van der Waals surface area (Å²) in [5.74, 6) is 0. The standard InChI is InChI=1S/C14H30N2/c1-13(14(2,3)4)15-9-12-16-10-7-5-6-8-11-16/h13,15H,5-12H2,1-4H3. The van der Waals surface area contributed by atoms with E-state index in [0.29, 0.717) is 11.5 Å². The summed E-state index contributed by atoms with van der Waals surface area (Å²) in [5, 5.41) is 3.65. The summed E-state index contributed by atoms with van der Waals surface area (Å²) in [7, 11) is 0.